The highest BCUT2D eigenvalue weighted by molar-refractivity contribution is 5.76. The summed E-state index contributed by atoms with van der Waals surface area (Å²) in [6.07, 6.45) is 6.56. The van der Waals surface area contributed by atoms with Crippen molar-refractivity contribution in [3.8, 4) is 0 Å². The fourth-order valence-electron chi connectivity index (χ4n) is 2.17. The van der Waals surface area contributed by atoms with Gasteiger partial charge in [0.1, 0.15) is 6.33 Å². The van der Waals surface area contributed by atoms with Gasteiger partial charge < -0.3 is 9.88 Å². The largest absolute Gasteiger partial charge is 0.346 e. The van der Waals surface area contributed by atoms with Crippen molar-refractivity contribution in [3.05, 3.63) is 30.6 Å². The monoisotopic (exact) mass is 290 g/mol. The minimum Gasteiger partial charge on any atom is -0.346 e. The maximum Gasteiger partial charge on any atom is 0.220 e. The molecule has 0 fully saturated rings. The van der Waals surface area contributed by atoms with E-state index in [1.165, 1.54) is 0 Å². The lowest BCUT2D eigenvalue weighted by Crippen LogP contribution is -2.29. The Morgan fingerprint density at radius 3 is 2.86 bits per heavy atom. The van der Waals surface area contributed by atoms with Gasteiger partial charge in [-0.15, -0.1) is 10.2 Å². The number of amides is 1. The number of aryl methyl sites for hydroxylation is 1. The number of hydrogen-bond donors (Lipinski definition) is 1. The molecule has 0 unspecified atom stereocenters. The molecule has 114 valence electrons. The fraction of sp³-hybridized carbons (Fsp3) is 0.571. The Bertz CT molecular complexity index is 560. The minimum absolute atomic E-state index is 0.0213. The molecule has 7 nitrogen and oxygen atoms in total. The smallest absolute Gasteiger partial charge is 0.220 e. The molecule has 1 amide bonds. The second kappa shape index (κ2) is 7.01. The van der Waals surface area contributed by atoms with Gasteiger partial charge in [-0.25, -0.2) is 0 Å². The zero-order chi connectivity index (χ0) is 15.2. The van der Waals surface area contributed by atoms with E-state index < -0.39 is 0 Å². The highest BCUT2D eigenvalue weighted by atomic mass is 16.1. The molecular weight excluding hydrogens is 268 g/mol. The first-order valence-corrected chi connectivity index (χ1v) is 7.24. The van der Waals surface area contributed by atoms with Crippen LogP contribution in [0.3, 0.4) is 0 Å². The first-order chi connectivity index (χ1) is 10.1. The normalized spacial score (nSPS) is 12.6. The molecule has 0 radical (unpaired) electrons. The van der Waals surface area contributed by atoms with E-state index in [1.807, 2.05) is 28.4 Å². The van der Waals surface area contributed by atoms with Gasteiger partial charge in [-0.3, -0.25) is 9.48 Å². The maximum absolute atomic E-state index is 12.0. The molecule has 0 bridgehead atoms. The van der Waals surface area contributed by atoms with Crippen LogP contribution in [-0.4, -0.2) is 30.5 Å². The molecule has 2 aromatic rings. The predicted octanol–water partition coefficient (Wildman–Crippen LogP) is 1.71. The number of nitrogens with one attached hydrogen (secondary N) is 1. The van der Waals surface area contributed by atoms with Gasteiger partial charge in [0.2, 0.25) is 5.91 Å². The number of nitrogens with zero attached hydrogens (tertiary/aromatic N) is 5. The third-order valence-electron chi connectivity index (χ3n) is 3.27. The summed E-state index contributed by atoms with van der Waals surface area (Å²) in [6, 6.07) is 2.00. The van der Waals surface area contributed by atoms with Crippen LogP contribution in [0.4, 0.5) is 0 Å². The topological polar surface area (TPSA) is 77.6 Å². The summed E-state index contributed by atoms with van der Waals surface area (Å²) in [5, 5.41) is 15.1. The van der Waals surface area contributed by atoms with Crippen molar-refractivity contribution < 1.29 is 4.79 Å². The molecule has 2 rings (SSSR count). The van der Waals surface area contributed by atoms with Crippen LogP contribution in [0.15, 0.2) is 24.8 Å². The number of rotatable bonds is 7. The summed E-state index contributed by atoms with van der Waals surface area (Å²) >= 11 is 0. The van der Waals surface area contributed by atoms with E-state index in [0.29, 0.717) is 6.42 Å². The number of hydrogen-bond acceptors (Lipinski definition) is 4. The molecule has 1 atom stereocenters. The molecule has 2 aromatic heterocycles. The van der Waals surface area contributed by atoms with Crippen molar-refractivity contribution in [2.45, 2.75) is 52.2 Å². The van der Waals surface area contributed by atoms with Crippen molar-refractivity contribution in [2.24, 2.45) is 0 Å². The molecule has 7 heteroatoms. The van der Waals surface area contributed by atoms with Gasteiger partial charge in [0.05, 0.1) is 6.04 Å². The van der Waals surface area contributed by atoms with Crippen molar-refractivity contribution >= 4 is 5.91 Å². The second-order valence-corrected chi connectivity index (χ2v) is 5.35. The summed E-state index contributed by atoms with van der Waals surface area (Å²) in [7, 11) is 0. The molecule has 0 aliphatic heterocycles. The predicted molar refractivity (Wildman–Crippen MR) is 78.4 cm³/mol. The van der Waals surface area contributed by atoms with Crippen LogP contribution >= 0.6 is 0 Å². The number of aromatic nitrogens is 5. The summed E-state index contributed by atoms with van der Waals surface area (Å²) in [4.78, 5) is 12.0. The van der Waals surface area contributed by atoms with Crippen molar-refractivity contribution in [3.63, 3.8) is 0 Å². The Kier molecular flexibility index (Phi) is 5.08. The molecule has 0 spiro atoms. The summed E-state index contributed by atoms with van der Waals surface area (Å²) in [5.41, 5.74) is 0. The molecule has 0 saturated carbocycles. The third kappa shape index (κ3) is 4.14. The molecule has 2 heterocycles. The van der Waals surface area contributed by atoms with Crippen LogP contribution in [-0.2, 0) is 11.3 Å². The molecule has 0 aliphatic rings. The summed E-state index contributed by atoms with van der Waals surface area (Å²) in [6.45, 7) is 6.79. The van der Waals surface area contributed by atoms with Gasteiger partial charge in [-0.05, 0) is 33.3 Å². The maximum atomic E-state index is 12.0. The minimum atomic E-state index is -0.146. The number of carbonyl (C=O) groups excluding carboxylic acids is 1. The lowest BCUT2D eigenvalue weighted by molar-refractivity contribution is -0.121. The first-order valence-electron chi connectivity index (χ1n) is 7.24. The molecule has 21 heavy (non-hydrogen) atoms. The van der Waals surface area contributed by atoms with E-state index in [2.05, 4.69) is 34.5 Å². The highest BCUT2D eigenvalue weighted by Crippen LogP contribution is 2.14. The van der Waals surface area contributed by atoms with E-state index >= 15 is 0 Å². The van der Waals surface area contributed by atoms with E-state index in [-0.39, 0.29) is 18.0 Å². The van der Waals surface area contributed by atoms with E-state index in [9.17, 15) is 4.79 Å². The lowest BCUT2D eigenvalue weighted by atomic mass is 10.2. The van der Waals surface area contributed by atoms with Crippen LogP contribution < -0.4 is 5.32 Å². The van der Waals surface area contributed by atoms with Crippen molar-refractivity contribution in [1.82, 2.24) is 29.9 Å². The van der Waals surface area contributed by atoms with Gasteiger partial charge in [0.25, 0.3) is 0 Å². The van der Waals surface area contributed by atoms with Crippen LogP contribution in [0.25, 0.3) is 0 Å². The molecule has 1 N–H and O–H groups in total. The summed E-state index contributed by atoms with van der Waals surface area (Å²) < 4.78 is 3.79. The second-order valence-electron chi connectivity index (χ2n) is 5.35. The Hall–Kier alpha value is -2.18. The average Bonchev–Trinajstić information content (AvgIpc) is 3.09. The van der Waals surface area contributed by atoms with Crippen molar-refractivity contribution in [2.75, 3.05) is 0 Å². The van der Waals surface area contributed by atoms with Gasteiger partial charge in [0, 0.05) is 31.4 Å². The zero-order valence-corrected chi connectivity index (χ0v) is 12.7. The Morgan fingerprint density at radius 1 is 1.38 bits per heavy atom. The molecule has 0 aromatic carbocycles. The van der Waals surface area contributed by atoms with Gasteiger partial charge in [-0.1, -0.05) is 0 Å². The Balaban J connectivity index is 1.80. The van der Waals surface area contributed by atoms with Gasteiger partial charge in [-0.2, -0.15) is 5.10 Å². The first kappa shape index (κ1) is 15.2. The van der Waals surface area contributed by atoms with Gasteiger partial charge in [0.15, 0.2) is 5.82 Å². The Morgan fingerprint density at radius 2 is 2.19 bits per heavy atom. The van der Waals surface area contributed by atoms with Crippen molar-refractivity contribution in [1.29, 1.82) is 0 Å². The standard InChI is InChI=1S/C14H22N6O/c1-11(2)20-10-15-18-14(20)12(3)17-13(21)6-4-8-19-9-5-7-16-19/h5,7,9-12H,4,6,8H2,1-3H3,(H,17,21)/t12-/m0/s1. The van der Waals surface area contributed by atoms with E-state index in [4.69, 9.17) is 0 Å². The number of carbonyl (C=O) groups is 1. The molecule has 0 aliphatic carbocycles. The van der Waals surface area contributed by atoms with E-state index in [0.717, 1.165) is 18.8 Å². The quantitative estimate of drug-likeness (QED) is 0.842. The van der Waals surface area contributed by atoms with Crippen LogP contribution in [0.5, 0.6) is 0 Å². The molecule has 0 saturated heterocycles. The highest BCUT2D eigenvalue weighted by Gasteiger charge is 2.16. The van der Waals surface area contributed by atoms with Crippen LogP contribution in [0.1, 0.15) is 51.5 Å². The summed E-state index contributed by atoms with van der Waals surface area (Å²) in [5.74, 6) is 0.804. The van der Waals surface area contributed by atoms with Crippen LogP contribution in [0.2, 0.25) is 0 Å². The zero-order valence-electron chi connectivity index (χ0n) is 12.7. The SMILES string of the molecule is CC(C)n1cnnc1[C@H](C)NC(=O)CCCn1cccn1. The molecular formula is C14H22N6O. The van der Waals surface area contributed by atoms with E-state index in [1.54, 1.807) is 12.5 Å². The average molecular weight is 290 g/mol. The van der Waals surface area contributed by atoms with Crippen LogP contribution in [0, 0.1) is 0 Å². The lowest BCUT2D eigenvalue weighted by Gasteiger charge is -2.16. The fourth-order valence-corrected chi connectivity index (χ4v) is 2.17. The van der Waals surface area contributed by atoms with Gasteiger partial charge >= 0.3 is 0 Å². The Labute approximate surface area is 124 Å². The third-order valence-corrected chi connectivity index (χ3v) is 3.27.